The highest BCUT2D eigenvalue weighted by molar-refractivity contribution is 5.82. The van der Waals surface area contributed by atoms with Crippen molar-refractivity contribution in [3.63, 3.8) is 0 Å². The molecule has 1 rings (SSSR count). The van der Waals surface area contributed by atoms with Crippen LogP contribution in [-0.2, 0) is 9.53 Å². The van der Waals surface area contributed by atoms with Crippen LogP contribution < -0.4 is 0 Å². The molecule has 2 nitrogen and oxygen atoms in total. The maximum absolute atomic E-state index is 14.8. The summed E-state index contributed by atoms with van der Waals surface area (Å²) in [5.41, 5.74) is -5.92. The summed E-state index contributed by atoms with van der Waals surface area (Å²) in [5.74, 6) is -86.3. The highest BCUT2D eigenvalue weighted by Crippen LogP contribution is 2.68. The van der Waals surface area contributed by atoms with Crippen molar-refractivity contribution in [3.05, 3.63) is 12.8 Å². The van der Waals surface area contributed by atoms with E-state index in [1.165, 1.54) is 0 Å². The summed E-state index contributed by atoms with van der Waals surface area (Å²) in [5, 5.41) is 0. The molecule has 242 valence electrons. The summed E-state index contributed by atoms with van der Waals surface area (Å²) in [6, 6.07) is 0. The Morgan fingerprint density at radius 1 is 0.488 bits per heavy atom. The predicted octanol–water partition coefficient (Wildman–Crippen LogP) is 8.07. The lowest BCUT2D eigenvalue weighted by Crippen LogP contribution is -2.78. The van der Waals surface area contributed by atoms with E-state index in [-0.39, 0.29) is 6.26 Å². The fourth-order valence-electron chi connectivity index (χ4n) is 2.98. The van der Waals surface area contributed by atoms with E-state index in [0.717, 1.165) is 0 Å². The summed E-state index contributed by atoms with van der Waals surface area (Å²) in [4.78, 5) is 11.5. The lowest BCUT2D eigenvalue weighted by atomic mass is 9.81. The van der Waals surface area contributed by atoms with E-state index in [0.29, 0.717) is 0 Å². The number of esters is 1. The van der Waals surface area contributed by atoms with Crippen LogP contribution >= 0.6 is 0 Å². The molecule has 0 heterocycles. The quantitative estimate of drug-likeness (QED) is 0.120. The third-order valence-corrected chi connectivity index (χ3v) is 5.60. The Labute approximate surface area is 210 Å². The van der Waals surface area contributed by atoms with Gasteiger partial charge in [-0.25, -0.2) is 9.18 Å². The molecule has 0 radical (unpaired) electrons. The number of alkyl halides is 22. The lowest BCUT2D eigenvalue weighted by Gasteiger charge is -2.45. The molecule has 0 saturated heterocycles. The topological polar surface area (TPSA) is 26.3 Å². The highest BCUT2D eigenvalue weighted by Gasteiger charge is 2.99. The number of hydrogen-bond acceptors (Lipinski definition) is 2. The first-order chi connectivity index (χ1) is 17.6. The fraction of sp³-hybridized carbons (Fsp3) is 0.824. The Hall–Kier alpha value is -2.33. The van der Waals surface area contributed by atoms with E-state index in [9.17, 15) is 101 Å². The minimum absolute atomic E-state index is 0.353. The van der Waals surface area contributed by atoms with Gasteiger partial charge in [0, 0.05) is 5.92 Å². The first-order valence-corrected chi connectivity index (χ1v) is 9.56. The van der Waals surface area contributed by atoms with Gasteiger partial charge in [0.25, 0.3) is 5.67 Å². The highest BCUT2D eigenvalue weighted by atomic mass is 19.4. The lowest BCUT2D eigenvalue weighted by molar-refractivity contribution is -0.476. The van der Waals surface area contributed by atoms with Crippen molar-refractivity contribution in [2.24, 2.45) is 5.92 Å². The third kappa shape index (κ3) is 4.29. The van der Waals surface area contributed by atoms with E-state index in [1.54, 1.807) is 0 Å². The molecule has 1 saturated carbocycles. The van der Waals surface area contributed by atoms with Crippen LogP contribution in [0.25, 0.3) is 0 Å². The summed E-state index contributed by atoms with van der Waals surface area (Å²) in [7, 11) is 0. The normalized spacial score (nSPS) is 19.1. The number of rotatable bonds is 12. The summed E-state index contributed by atoms with van der Waals surface area (Å²) >= 11 is 0. The average Bonchev–Trinajstić information content (AvgIpc) is 3.62. The molecular formula is C17H8F22O2. The molecule has 0 spiro atoms. The van der Waals surface area contributed by atoms with Gasteiger partial charge in [0.1, 0.15) is 0 Å². The molecule has 1 atom stereocenters. The Balaban J connectivity index is 3.88. The van der Waals surface area contributed by atoms with Gasteiger partial charge in [0.15, 0.2) is 0 Å². The molecule has 0 aromatic carbocycles. The van der Waals surface area contributed by atoms with E-state index in [2.05, 4.69) is 11.3 Å². The number of carbonyl (C=O) groups excluding carboxylic acids is 1. The van der Waals surface area contributed by atoms with Gasteiger partial charge in [-0.1, -0.05) is 6.58 Å². The van der Waals surface area contributed by atoms with Crippen molar-refractivity contribution in [1.82, 2.24) is 0 Å². The predicted molar refractivity (Wildman–Crippen MR) is 83.4 cm³/mol. The minimum Gasteiger partial charge on any atom is -0.433 e. The maximum Gasteiger partial charge on any atom is 0.460 e. The largest absolute Gasteiger partial charge is 0.460 e. The first-order valence-electron chi connectivity index (χ1n) is 9.56. The van der Waals surface area contributed by atoms with Crippen molar-refractivity contribution >= 4 is 5.97 Å². The molecule has 41 heavy (non-hydrogen) atoms. The zero-order valence-corrected chi connectivity index (χ0v) is 18.4. The van der Waals surface area contributed by atoms with Gasteiger partial charge in [-0.3, -0.25) is 0 Å². The van der Waals surface area contributed by atoms with Crippen molar-refractivity contribution in [1.29, 1.82) is 0 Å². The van der Waals surface area contributed by atoms with E-state index in [1.807, 2.05) is 0 Å². The van der Waals surface area contributed by atoms with Crippen LogP contribution in [0.5, 0.6) is 0 Å². The van der Waals surface area contributed by atoms with Gasteiger partial charge in [0.2, 0.25) is 0 Å². The summed E-state index contributed by atoms with van der Waals surface area (Å²) < 4.78 is 300. The zero-order chi connectivity index (χ0) is 33.5. The second kappa shape index (κ2) is 9.33. The second-order valence-electron chi connectivity index (χ2n) is 8.23. The summed E-state index contributed by atoms with van der Waals surface area (Å²) in [6.07, 6.45) is -10.7. The Morgan fingerprint density at radius 2 is 0.732 bits per heavy atom. The van der Waals surface area contributed by atoms with Crippen LogP contribution in [0.1, 0.15) is 12.8 Å². The molecule has 1 aliphatic carbocycles. The van der Waals surface area contributed by atoms with Gasteiger partial charge >= 0.3 is 65.4 Å². The van der Waals surface area contributed by atoms with Gasteiger partial charge < -0.3 is 4.74 Å². The van der Waals surface area contributed by atoms with Crippen molar-refractivity contribution in [2.45, 2.75) is 78.0 Å². The Morgan fingerprint density at radius 3 is 0.951 bits per heavy atom. The number of ether oxygens (including phenoxy) is 1. The molecule has 0 aromatic heterocycles. The molecular weight excluding hydrogens is 654 g/mol. The van der Waals surface area contributed by atoms with Crippen LogP contribution in [0.4, 0.5) is 96.6 Å². The van der Waals surface area contributed by atoms with Crippen molar-refractivity contribution < 1.29 is 106 Å². The number of carbonyl (C=O) groups is 1. The van der Waals surface area contributed by atoms with Gasteiger partial charge in [-0.2, -0.15) is 92.2 Å². The molecule has 0 bridgehead atoms. The molecule has 24 heteroatoms. The molecule has 0 aliphatic heterocycles. The van der Waals surface area contributed by atoms with Crippen LogP contribution in [0.15, 0.2) is 12.8 Å². The van der Waals surface area contributed by atoms with Crippen LogP contribution in [0.3, 0.4) is 0 Å². The second-order valence-corrected chi connectivity index (χ2v) is 8.23. The van der Waals surface area contributed by atoms with Gasteiger partial charge in [0.05, 0.1) is 6.26 Å². The smallest absolute Gasteiger partial charge is 0.433 e. The summed E-state index contributed by atoms with van der Waals surface area (Å²) in [6.45, 7) is 2.41. The Bertz CT molecular complexity index is 1020. The minimum atomic E-state index is -9.36. The monoisotopic (exact) mass is 662 g/mol. The third-order valence-electron chi connectivity index (χ3n) is 5.60. The molecule has 0 aromatic rings. The van der Waals surface area contributed by atoms with Crippen LogP contribution in [-0.4, -0.2) is 71.1 Å². The SMILES string of the molecule is C=COC(=O)C(F)(C1CC1)C(F)(F)C(F)(F)C(F)(F)C(F)(F)C(F)(F)C(F)(F)C(F)(F)C(F)(F)C(F)(F)C(F)(F)F. The van der Waals surface area contributed by atoms with Crippen LogP contribution in [0, 0.1) is 5.92 Å². The average molecular weight is 662 g/mol. The number of hydrogen-bond donors (Lipinski definition) is 0. The Kier molecular flexibility index (Phi) is 8.35. The first kappa shape index (κ1) is 36.7. The molecule has 1 unspecified atom stereocenters. The zero-order valence-electron chi connectivity index (χ0n) is 18.4. The fourth-order valence-corrected chi connectivity index (χ4v) is 2.98. The molecule has 1 aliphatic rings. The van der Waals surface area contributed by atoms with Crippen LogP contribution in [0.2, 0.25) is 0 Å². The van der Waals surface area contributed by atoms with Crippen molar-refractivity contribution in [2.75, 3.05) is 0 Å². The van der Waals surface area contributed by atoms with Gasteiger partial charge in [-0.15, -0.1) is 0 Å². The molecule has 0 N–H and O–H groups in total. The van der Waals surface area contributed by atoms with E-state index >= 15 is 0 Å². The molecule has 0 amide bonds. The van der Waals surface area contributed by atoms with Gasteiger partial charge in [-0.05, 0) is 12.8 Å². The number of halogens is 22. The van der Waals surface area contributed by atoms with E-state index < -0.39 is 89.9 Å². The van der Waals surface area contributed by atoms with E-state index in [4.69, 9.17) is 0 Å². The molecule has 1 fully saturated rings. The maximum atomic E-state index is 14.8. The van der Waals surface area contributed by atoms with Crippen molar-refractivity contribution in [3.8, 4) is 0 Å². The standard InChI is InChI=1S/C17H8F22O2/c1-2-41-6(40)7(18,5-3-4-5)8(19,20)9(21,22)10(23,24)11(25,26)12(27,28)13(29,30)14(31,32)15(33,34)16(35,36)17(37,38)39/h2,5H,1,3-4H2.